The lowest BCUT2D eigenvalue weighted by atomic mass is 9.87. The van der Waals surface area contributed by atoms with Gasteiger partial charge in [-0.15, -0.1) is 0 Å². The maximum atomic E-state index is 11.9. The Labute approximate surface area is 185 Å². The average Bonchev–Trinajstić information content (AvgIpc) is 3.14. The van der Waals surface area contributed by atoms with Crippen LogP contribution in [0.3, 0.4) is 0 Å². The fourth-order valence-electron chi connectivity index (χ4n) is 2.66. The summed E-state index contributed by atoms with van der Waals surface area (Å²) in [6.45, 7) is 6.27. The van der Waals surface area contributed by atoms with Gasteiger partial charge in [-0.1, -0.05) is 56.1 Å². The zero-order valence-corrected chi connectivity index (χ0v) is 18.4. The molecule has 0 aliphatic rings. The number of hydrogen-bond donors (Lipinski definition) is 1. The molecule has 0 spiro atoms. The van der Waals surface area contributed by atoms with Crippen LogP contribution in [0.4, 0.5) is 0 Å². The van der Waals surface area contributed by atoms with Gasteiger partial charge in [-0.2, -0.15) is 5.10 Å². The number of amides is 1. The second-order valence-corrected chi connectivity index (χ2v) is 8.53. The molecule has 0 fully saturated rings. The molecule has 1 amide bonds. The third-order valence-corrected chi connectivity index (χ3v) is 4.84. The summed E-state index contributed by atoms with van der Waals surface area (Å²) in [5.41, 5.74) is 4.39. The molecule has 0 unspecified atom stereocenters. The summed E-state index contributed by atoms with van der Waals surface area (Å²) in [5.74, 6) is 1.29. The lowest BCUT2D eigenvalue weighted by molar-refractivity contribution is -0.123. The fraction of sp³-hybridized carbons (Fsp3) is 0.217. The molecule has 0 bridgehead atoms. The summed E-state index contributed by atoms with van der Waals surface area (Å²) < 4.78 is 11.2. The summed E-state index contributed by atoms with van der Waals surface area (Å²) in [6, 6.07) is 16.3. The number of rotatable bonds is 6. The van der Waals surface area contributed by atoms with Gasteiger partial charge in [0.15, 0.2) is 6.61 Å². The first-order valence-corrected chi connectivity index (χ1v) is 10.1. The Morgan fingerprint density at radius 1 is 1.10 bits per heavy atom. The molecule has 156 valence electrons. The number of nitrogens with one attached hydrogen (secondary N) is 1. The quantitative estimate of drug-likeness (QED) is 0.370. The molecule has 0 saturated carbocycles. The number of carbonyl (C=O) groups excluding carboxylic acids is 1. The summed E-state index contributed by atoms with van der Waals surface area (Å²) in [7, 11) is 0. The Morgan fingerprint density at radius 3 is 2.50 bits per heavy atom. The largest absolute Gasteiger partial charge is 0.484 e. The number of ether oxygens (including phenoxy) is 1. The molecule has 0 atom stereocenters. The van der Waals surface area contributed by atoms with Crippen LogP contribution in [0.2, 0.25) is 10.0 Å². The molecule has 1 N–H and O–H groups in total. The van der Waals surface area contributed by atoms with E-state index < -0.39 is 0 Å². The molecule has 30 heavy (non-hydrogen) atoms. The Balaban J connectivity index is 1.51. The van der Waals surface area contributed by atoms with Crippen LogP contribution in [0.5, 0.6) is 5.75 Å². The minimum absolute atomic E-state index is 0.0647. The highest BCUT2D eigenvalue weighted by atomic mass is 35.5. The zero-order valence-electron chi connectivity index (χ0n) is 16.9. The molecule has 2 aromatic carbocycles. The molecule has 3 aromatic rings. The number of benzene rings is 2. The molecular formula is C23H22Cl2N2O3. The summed E-state index contributed by atoms with van der Waals surface area (Å²) >= 11 is 12.1. The number of nitrogens with zero attached hydrogens (tertiary/aromatic N) is 1. The number of hydrogen-bond acceptors (Lipinski definition) is 4. The van der Waals surface area contributed by atoms with Crippen molar-refractivity contribution in [1.82, 2.24) is 5.43 Å². The molecule has 3 rings (SSSR count). The standard InChI is InChI=1S/C23H22Cl2N2O3/c1-23(2,3)15-4-7-17(8-5-15)29-14-22(28)27-26-13-18-9-11-21(30-18)19-10-6-16(24)12-20(19)25/h4-13H,14H2,1-3H3,(H,27,28). The molecular weight excluding hydrogens is 423 g/mol. The predicted molar refractivity (Wildman–Crippen MR) is 121 cm³/mol. The highest BCUT2D eigenvalue weighted by Crippen LogP contribution is 2.31. The van der Waals surface area contributed by atoms with Gasteiger partial charge in [0.1, 0.15) is 17.3 Å². The second-order valence-electron chi connectivity index (χ2n) is 7.68. The Hall–Kier alpha value is -2.76. The highest BCUT2D eigenvalue weighted by molar-refractivity contribution is 6.36. The Morgan fingerprint density at radius 2 is 1.83 bits per heavy atom. The van der Waals surface area contributed by atoms with E-state index in [0.717, 1.165) is 5.56 Å². The highest BCUT2D eigenvalue weighted by Gasteiger charge is 2.13. The monoisotopic (exact) mass is 444 g/mol. The summed E-state index contributed by atoms with van der Waals surface area (Å²) in [5, 5.41) is 4.93. The normalized spacial score (nSPS) is 11.6. The third kappa shape index (κ3) is 5.88. The number of hydrazone groups is 1. The minimum Gasteiger partial charge on any atom is -0.484 e. The van der Waals surface area contributed by atoms with Crippen molar-refractivity contribution in [2.24, 2.45) is 5.10 Å². The van der Waals surface area contributed by atoms with E-state index in [-0.39, 0.29) is 17.9 Å². The van der Waals surface area contributed by atoms with Crippen molar-refractivity contribution in [1.29, 1.82) is 0 Å². The van der Waals surface area contributed by atoms with E-state index in [4.69, 9.17) is 32.4 Å². The molecule has 0 aliphatic heterocycles. The van der Waals surface area contributed by atoms with Gasteiger partial charge in [-0.3, -0.25) is 4.79 Å². The van der Waals surface area contributed by atoms with Gasteiger partial charge < -0.3 is 9.15 Å². The van der Waals surface area contributed by atoms with Crippen LogP contribution in [0.25, 0.3) is 11.3 Å². The van der Waals surface area contributed by atoms with Crippen molar-refractivity contribution >= 4 is 35.3 Å². The van der Waals surface area contributed by atoms with E-state index in [1.54, 1.807) is 30.3 Å². The van der Waals surface area contributed by atoms with Crippen molar-refractivity contribution in [3.05, 3.63) is 76.0 Å². The number of halogens is 2. The summed E-state index contributed by atoms with van der Waals surface area (Å²) in [4.78, 5) is 11.9. The topological polar surface area (TPSA) is 63.8 Å². The molecule has 5 nitrogen and oxygen atoms in total. The van der Waals surface area contributed by atoms with Crippen LogP contribution >= 0.6 is 23.2 Å². The van der Waals surface area contributed by atoms with Crippen LogP contribution in [-0.4, -0.2) is 18.7 Å². The molecule has 0 saturated heterocycles. The van der Waals surface area contributed by atoms with Crippen molar-refractivity contribution < 1.29 is 13.9 Å². The van der Waals surface area contributed by atoms with Crippen LogP contribution in [0, 0.1) is 0 Å². The van der Waals surface area contributed by atoms with E-state index in [2.05, 4.69) is 31.3 Å². The fourth-order valence-corrected chi connectivity index (χ4v) is 3.16. The van der Waals surface area contributed by atoms with Gasteiger partial charge >= 0.3 is 0 Å². The van der Waals surface area contributed by atoms with E-state index in [1.807, 2.05) is 24.3 Å². The first kappa shape index (κ1) is 21.9. The van der Waals surface area contributed by atoms with E-state index in [1.165, 1.54) is 11.8 Å². The first-order valence-electron chi connectivity index (χ1n) is 9.33. The SMILES string of the molecule is CC(C)(C)c1ccc(OCC(=O)NN=Cc2ccc(-c3ccc(Cl)cc3Cl)o2)cc1. The van der Waals surface area contributed by atoms with Crippen LogP contribution in [0.15, 0.2) is 64.1 Å². The van der Waals surface area contributed by atoms with Gasteiger partial charge in [0.2, 0.25) is 0 Å². The smallest absolute Gasteiger partial charge is 0.277 e. The van der Waals surface area contributed by atoms with Gasteiger partial charge in [0, 0.05) is 10.6 Å². The van der Waals surface area contributed by atoms with Crippen molar-refractivity contribution in [2.75, 3.05) is 6.61 Å². The van der Waals surface area contributed by atoms with E-state index in [0.29, 0.717) is 27.3 Å². The molecule has 0 aliphatic carbocycles. The first-order chi connectivity index (χ1) is 14.2. The van der Waals surface area contributed by atoms with Crippen molar-refractivity contribution in [2.45, 2.75) is 26.2 Å². The lowest BCUT2D eigenvalue weighted by Crippen LogP contribution is -2.24. The van der Waals surface area contributed by atoms with Gasteiger partial charge in [-0.25, -0.2) is 5.43 Å². The van der Waals surface area contributed by atoms with Gasteiger partial charge in [-0.05, 0) is 53.4 Å². The molecule has 7 heteroatoms. The van der Waals surface area contributed by atoms with Crippen LogP contribution < -0.4 is 10.2 Å². The zero-order chi connectivity index (χ0) is 21.7. The second kappa shape index (κ2) is 9.37. The number of carbonyl (C=O) groups is 1. The van der Waals surface area contributed by atoms with Crippen molar-refractivity contribution in [3.63, 3.8) is 0 Å². The average molecular weight is 445 g/mol. The maximum absolute atomic E-state index is 11.9. The lowest BCUT2D eigenvalue weighted by Gasteiger charge is -2.19. The van der Waals surface area contributed by atoms with Crippen LogP contribution in [-0.2, 0) is 10.2 Å². The van der Waals surface area contributed by atoms with E-state index in [9.17, 15) is 4.79 Å². The maximum Gasteiger partial charge on any atom is 0.277 e. The van der Waals surface area contributed by atoms with Crippen LogP contribution in [0.1, 0.15) is 32.1 Å². The Bertz CT molecular complexity index is 1050. The summed E-state index contributed by atoms with van der Waals surface area (Å²) in [6.07, 6.45) is 1.41. The molecule has 1 aromatic heterocycles. The molecule has 1 heterocycles. The minimum atomic E-state index is -0.376. The van der Waals surface area contributed by atoms with Gasteiger partial charge in [0.05, 0.1) is 11.2 Å². The van der Waals surface area contributed by atoms with Crippen molar-refractivity contribution in [3.8, 4) is 17.1 Å². The van der Waals surface area contributed by atoms with E-state index >= 15 is 0 Å². The predicted octanol–water partition coefficient (Wildman–Crippen LogP) is 6.08. The Kier molecular flexibility index (Phi) is 6.85. The number of furan rings is 1. The van der Waals surface area contributed by atoms with Gasteiger partial charge in [0.25, 0.3) is 5.91 Å². The molecule has 0 radical (unpaired) electrons. The third-order valence-electron chi connectivity index (χ3n) is 4.29.